The summed E-state index contributed by atoms with van der Waals surface area (Å²) in [6, 6.07) is 9.26. The zero-order valence-corrected chi connectivity index (χ0v) is 12.7. The zero-order chi connectivity index (χ0) is 15.6. The smallest absolute Gasteiger partial charge is 0.119 e. The molecule has 0 aliphatic rings. The molecule has 0 unspecified atom stereocenters. The molecule has 0 bridgehead atoms. The Bertz CT molecular complexity index is 633. The lowest BCUT2D eigenvalue weighted by molar-refractivity contribution is -0.255. The van der Waals surface area contributed by atoms with Gasteiger partial charge in [0.05, 0.1) is 5.97 Å². The van der Waals surface area contributed by atoms with Gasteiger partial charge < -0.3 is 19.1 Å². The monoisotopic (exact) mass is 287 g/mol. The first-order valence-corrected chi connectivity index (χ1v) is 6.82. The number of benzene rings is 1. The first-order valence-electron chi connectivity index (χ1n) is 6.82. The third-order valence-corrected chi connectivity index (χ3v) is 3.19. The number of carbonyl (C=O) groups excluding carboxylic acids is 1. The summed E-state index contributed by atoms with van der Waals surface area (Å²) in [5.74, 6) is 0.417. The Morgan fingerprint density at radius 2 is 1.86 bits per heavy atom. The molecule has 0 atom stereocenters. The molecule has 0 saturated carbocycles. The maximum atomic E-state index is 11.4. The third kappa shape index (κ3) is 3.27. The molecule has 0 amide bonds. The second-order valence-electron chi connectivity index (χ2n) is 5.98. The fourth-order valence-corrected chi connectivity index (χ4v) is 2.27. The van der Waals surface area contributed by atoms with E-state index in [4.69, 9.17) is 9.15 Å². The minimum atomic E-state index is -1.24. The van der Waals surface area contributed by atoms with Gasteiger partial charge in [0.25, 0.3) is 0 Å². The summed E-state index contributed by atoms with van der Waals surface area (Å²) in [6.45, 7) is 7.67. The van der Waals surface area contributed by atoms with Crippen molar-refractivity contribution in [1.29, 1.82) is 0 Å². The first-order chi connectivity index (χ1) is 9.80. The number of ether oxygens (including phenoxy) is 1. The van der Waals surface area contributed by atoms with Gasteiger partial charge in [0.1, 0.15) is 23.9 Å². The summed E-state index contributed by atoms with van der Waals surface area (Å²) in [5, 5.41) is 11.4. The maximum Gasteiger partial charge on any atom is 0.119 e. The van der Waals surface area contributed by atoms with Gasteiger partial charge >= 0.3 is 0 Å². The van der Waals surface area contributed by atoms with E-state index >= 15 is 0 Å². The highest BCUT2D eigenvalue weighted by molar-refractivity contribution is 5.89. The Hall–Kier alpha value is -2.23. The SMILES string of the molecule is Cc1oc(C(C)(C)C)c(COc2ccccc2)c1C(=O)[O-]. The van der Waals surface area contributed by atoms with Crippen LogP contribution in [0.3, 0.4) is 0 Å². The minimum Gasteiger partial charge on any atom is -0.545 e. The molecule has 0 radical (unpaired) electrons. The van der Waals surface area contributed by atoms with E-state index in [-0.39, 0.29) is 17.6 Å². The van der Waals surface area contributed by atoms with Gasteiger partial charge in [0.2, 0.25) is 0 Å². The second-order valence-corrected chi connectivity index (χ2v) is 5.98. The van der Waals surface area contributed by atoms with Crippen LogP contribution in [-0.4, -0.2) is 5.97 Å². The second kappa shape index (κ2) is 5.64. The van der Waals surface area contributed by atoms with Gasteiger partial charge in [0.15, 0.2) is 0 Å². The fraction of sp³-hybridized carbons (Fsp3) is 0.353. The Kier molecular flexibility index (Phi) is 4.07. The van der Waals surface area contributed by atoms with Crippen LogP contribution in [0, 0.1) is 6.92 Å². The summed E-state index contributed by atoms with van der Waals surface area (Å²) < 4.78 is 11.3. The lowest BCUT2D eigenvalue weighted by Gasteiger charge is -2.18. The van der Waals surface area contributed by atoms with E-state index in [2.05, 4.69) is 0 Å². The van der Waals surface area contributed by atoms with Gasteiger partial charge in [-0.3, -0.25) is 0 Å². The van der Waals surface area contributed by atoms with Gasteiger partial charge in [0, 0.05) is 16.5 Å². The number of furan rings is 1. The minimum absolute atomic E-state index is 0.0934. The van der Waals surface area contributed by atoms with Crippen LogP contribution in [0.1, 0.15) is 48.2 Å². The quantitative estimate of drug-likeness (QED) is 0.867. The van der Waals surface area contributed by atoms with Crippen molar-refractivity contribution < 1.29 is 19.1 Å². The summed E-state index contributed by atoms with van der Waals surface area (Å²) in [4.78, 5) is 11.4. The molecule has 4 nitrogen and oxygen atoms in total. The molecule has 2 rings (SSSR count). The van der Waals surface area contributed by atoms with E-state index in [9.17, 15) is 9.90 Å². The fourth-order valence-electron chi connectivity index (χ4n) is 2.27. The molecule has 1 aromatic heterocycles. The number of carboxylic acids is 1. The molecular formula is C17H19O4-. The van der Waals surface area contributed by atoms with E-state index in [0.29, 0.717) is 22.8 Å². The van der Waals surface area contributed by atoms with Crippen molar-refractivity contribution in [3.63, 3.8) is 0 Å². The molecule has 0 aliphatic heterocycles. The van der Waals surface area contributed by atoms with Crippen LogP contribution in [0.4, 0.5) is 0 Å². The molecule has 0 spiro atoms. The summed E-state index contributed by atoms with van der Waals surface area (Å²) >= 11 is 0. The van der Waals surface area contributed by atoms with Crippen LogP contribution in [-0.2, 0) is 12.0 Å². The first kappa shape index (κ1) is 15.2. The van der Waals surface area contributed by atoms with Crippen molar-refractivity contribution in [2.24, 2.45) is 0 Å². The molecule has 0 fully saturated rings. The van der Waals surface area contributed by atoms with Crippen molar-refractivity contribution in [2.75, 3.05) is 0 Å². The largest absolute Gasteiger partial charge is 0.545 e. The van der Waals surface area contributed by atoms with Gasteiger partial charge in [-0.25, -0.2) is 0 Å². The topological polar surface area (TPSA) is 62.5 Å². The molecule has 0 aliphatic carbocycles. The van der Waals surface area contributed by atoms with Crippen LogP contribution in [0.5, 0.6) is 5.75 Å². The number of aryl methyl sites for hydroxylation is 1. The summed E-state index contributed by atoms with van der Waals surface area (Å²) in [5.41, 5.74) is 0.327. The van der Waals surface area contributed by atoms with Gasteiger partial charge in [-0.2, -0.15) is 0 Å². The molecule has 112 valence electrons. The lowest BCUT2D eigenvalue weighted by atomic mass is 9.89. The molecule has 2 aromatic rings. The molecule has 1 heterocycles. The molecule has 0 N–H and O–H groups in total. The summed E-state index contributed by atoms with van der Waals surface area (Å²) in [7, 11) is 0. The number of para-hydroxylation sites is 1. The molecular weight excluding hydrogens is 268 g/mol. The van der Waals surface area contributed by atoms with E-state index in [0.717, 1.165) is 0 Å². The number of hydrogen-bond donors (Lipinski definition) is 0. The maximum absolute atomic E-state index is 11.4. The Morgan fingerprint density at radius 3 is 2.38 bits per heavy atom. The number of carbonyl (C=O) groups is 1. The van der Waals surface area contributed by atoms with Gasteiger partial charge in [-0.1, -0.05) is 39.0 Å². The normalized spacial score (nSPS) is 11.4. The molecule has 21 heavy (non-hydrogen) atoms. The van der Waals surface area contributed by atoms with E-state index in [1.807, 2.05) is 51.1 Å². The Labute approximate surface area is 124 Å². The van der Waals surface area contributed by atoms with Gasteiger partial charge in [-0.05, 0) is 19.1 Å². The zero-order valence-electron chi connectivity index (χ0n) is 12.7. The third-order valence-electron chi connectivity index (χ3n) is 3.19. The number of carboxylic acid groups (broad SMARTS) is 1. The van der Waals surface area contributed by atoms with E-state index in [1.165, 1.54) is 0 Å². The molecule has 4 heteroatoms. The molecule has 0 saturated heterocycles. The predicted molar refractivity (Wildman–Crippen MR) is 77.2 cm³/mol. The van der Waals surface area contributed by atoms with Crippen LogP contribution >= 0.6 is 0 Å². The van der Waals surface area contributed by atoms with Crippen LogP contribution in [0.2, 0.25) is 0 Å². The highest BCUT2D eigenvalue weighted by Crippen LogP contribution is 2.33. The number of hydrogen-bond acceptors (Lipinski definition) is 4. The van der Waals surface area contributed by atoms with Crippen molar-refractivity contribution in [3.8, 4) is 5.75 Å². The van der Waals surface area contributed by atoms with Crippen LogP contribution < -0.4 is 9.84 Å². The number of rotatable bonds is 4. The molecule has 1 aromatic carbocycles. The highest BCUT2D eigenvalue weighted by atomic mass is 16.5. The number of aromatic carboxylic acids is 1. The Morgan fingerprint density at radius 1 is 1.24 bits per heavy atom. The van der Waals surface area contributed by atoms with Crippen molar-refractivity contribution in [2.45, 2.75) is 39.7 Å². The van der Waals surface area contributed by atoms with E-state index in [1.54, 1.807) is 6.92 Å². The van der Waals surface area contributed by atoms with E-state index < -0.39 is 5.97 Å². The average molecular weight is 287 g/mol. The predicted octanol–water partition coefficient (Wildman–Crippen LogP) is 2.83. The highest BCUT2D eigenvalue weighted by Gasteiger charge is 2.27. The van der Waals surface area contributed by atoms with Crippen LogP contribution in [0.15, 0.2) is 34.7 Å². The van der Waals surface area contributed by atoms with Crippen molar-refractivity contribution in [3.05, 3.63) is 53.0 Å². The van der Waals surface area contributed by atoms with Gasteiger partial charge in [-0.15, -0.1) is 0 Å². The van der Waals surface area contributed by atoms with Crippen LogP contribution in [0.25, 0.3) is 0 Å². The van der Waals surface area contributed by atoms with Crippen molar-refractivity contribution in [1.82, 2.24) is 0 Å². The summed E-state index contributed by atoms with van der Waals surface area (Å²) in [6.07, 6.45) is 0. The van der Waals surface area contributed by atoms with Crippen molar-refractivity contribution >= 4 is 5.97 Å². The lowest BCUT2D eigenvalue weighted by Crippen LogP contribution is -2.25. The average Bonchev–Trinajstić information content (AvgIpc) is 2.74. The standard InChI is InChI=1S/C17H20O4/c1-11-14(16(18)19)13(15(21-11)17(2,3)4)10-20-12-8-6-5-7-9-12/h5-9H,10H2,1-4H3,(H,18,19)/p-1. The Balaban J connectivity index is 2.38.